The first kappa shape index (κ1) is 19.4. The lowest BCUT2D eigenvalue weighted by molar-refractivity contribution is -0.384. The zero-order valence-corrected chi connectivity index (χ0v) is 15.2. The number of nitrogens with zero attached hydrogens (tertiary/aromatic N) is 2. The second kappa shape index (κ2) is 7.13. The van der Waals surface area contributed by atoms with E-state index in [1.54, 1.807) is 0 Å². The van der Waals surface area contributed by atoms with Crippen LogP contribution >= 0.6 is 24.0 Å². The monoisotopic (exact) mass is 395 g/mol. The Hall–Kier alpha value is -0.930. The number of rotatable bonds is 3. The molecule has 2 N–H and O–H groups in total. The molecule has 1 aliphatic carbocycles. The summed E-state index contributed by atoms with van der Waals surface area (Å²) in [4.78, 5) is 10.1. The average molecular weight is 396 g/mol. The number of non-ortho nitro benzene ring substituents is 1. The fraction of sp³-hybridized carbons (Fsp3) is 0.571. The Bertz CT molecular complexity index is 744. The highest BCUT2D eigenvalue weighted by Gasteiger charge is 2.43. The maximum absolute atomic E-state index is 12.8. The van der Waals surface area contributed by atoms with Gasteiger partial charge < -0.3 is 5.73 Å². The molecule has 0 radical (unpaired) electrons. The van der Waals surface area contributed by atoms with Gasteiger partial charge in [0.05, 0.1) is 9.95 Å². The van der Waals surface area contributed by atoms with Crippen LogP contribution in [0.25, 0.3) is 0 Å². The van der Waals surface area contributed by atoms with Gasteiger partial charge in [0, 0.05) is 31.3 Å². The maximum atomic E-state index is 12.8. The van der Waals surface area contributed by atoms with Crippen molar-refractivity contribution in [2.45, 2.75) is 30.2 Å². The zero-order valence-electron chi connectivity index (χ0n) is 12.8. The highest BCUT2D eigenvalue weighted by Crippen LogP contribution is 2.39. The average Bonchev–Trinajstić information content (AvgIpc) is 2.93. The van der Waals surface area contributed by atoms with E-state index in [0.717, 1.165) is 31.4 Å². The Labute approximate surface area is 151 Å². The fourth-order valence-corrected chi connectivity index (χ4v) is 5.67. The molecule has 134 valence electrons. The SMILES string of the molecule is Cl.NC1CCCC2CN(S(=O)(=O)c3ccc([N+](=O)[O-])cc3Cl)CC12. The smallest absolute Gasteiger partial charge is 0.271 e. The predicted octanol–water partition coefficient (Wildman–Crippen LogP) is 2.42. The van der Waals surface area contributed by atoms with Crippen molar-refractivity contribution in [2.24, 2.45) is 17.6 Å². The van der Waals surface area contributed by atoms with Gasteiger partial charge in [0.2, 0.25) is 10.0 Å². The normalized spacial score (nSPS) is 27.3. The molecule has 1 saturated heterocycles. The largest absolute Gasteiger partial charge is 0.327 e. The van der Waals surface area contributed by atoms with Crippen LogP contribution < -0.4 is 5.73 Å². The van der Waals surface area contributed by atoms with Crippen LogP contribution in [0.15, 0.2) is 23.1 Å². The molecule has 0 bridgehead atoms. The fourth-order valence-electron chi connectivity index (χ4n) is 3.62. The standard InChI is InChI=1S/C14H18ClN3O4S.ClH/c15-12-6-10(18(19)20)4-5-14(12)23(21,22)17-7-9-2-1-3-13(16)11(9)8-17;/h4-6,9,11,13H,1-3,7-8,16H2;1H. The van der Waals surface area contributed by atoms with Gasteiger partial charge in [0.25, 0.3) is 5.69 Å². The van der Waals surface area contributed by atoms with Crippen LogP contribution in [-0.2, 0) is 10.0 Å². The summed E-state index contributed by atoms with van der Waals surface area (Å²) in [5, 5.41) is 10.6. The van der Waals surface area contributed by atoms with Gasteiger partial charge in [-0.1, -0.05) is 18.0 Å². The quantitative estimate of drug-likeness (QED) is 0.624. The number of benzene rings is 1. The van der Waals surface area contributed by atoms with Gasteiger partial charge in [0.1, 0.15) is 4.90 Å². The number of nitro groups is 1. The van der Waals surface area contributed by atoms with E-state index in [1.807, 2.05) is 0 Å². The maximum Gasteiger partial charge on any atom is 0.271 e. The van der Waals surface area contributed by atoms with Crippen molar-refractivity contribution >= 4 is 39.7 Å². The summed E-state index contributed by atoms with van der Waals surface area (Å²) >= 11 is 5.98. The number of fused-ring (bicyclic) bond motifs is 1. The van der Waals surface area contributed by atoms with Gasteiger partial charge in [0.15, 0.2) is 0 Å². The Morgan fingerprint density at radius 1 is 1.29 bits per heavy atom. The van der Waals surface area contributed by atoms with Crippen LogP contribution in [0.5, 0.6) is 0 Å². The first-order valence-electron chi connectivity index (χ1n) is 7.50. The van der Waals surface area contributed by atoms with Crippen LogP contribution in [-0.4, -0.2) is 36.8 Å². The molecule has 2 aliphatic rings. The van der Waals surface area contributed by atoms with E-state index in [4.69, 9.17) is 17.3 Å². The number of halogens is 2. The first-order chi connectivity index (χ1) is 10.8. The summed E-state index contributed by atoms with van der Waals surface area (Å²) in [5.41, 5.74) is 5.89. The van der Waals surface area contributed by atoms with Crippen molar-refractivity contribution in [3.8, 4) is 0 Å². The van der Waals surface area contributed by atoms with Crippen LogP contribution in [0.1, 0.15) is 19.3 Å². The molecule has 1 aromatic rings. The molecule has 3 unspecified atom stereocenters. The predicted molar refractivity (Wildman–Crippen MR) is 92.9 cm³/mol. The third-order valence-electron chi connectivity index (χ3n) is 4.86. The molecule has 1 heterocycles. The molecule has 3 atom stereocenters. The third-order valence-corrected chi connectivity index (χ3v) is 7.18. The molecular formula is C14H19Cl2N3O4S. The summed E-state index contributed by atoms with van der Waals surface area (Å²) < 4.78 is 27.1. The lowest BCUT2D eigenvalue weighted by Gasteiger charge is -2.29. The van der Waals surface area contributed by atoms with Gasteiger partial charge in [-0.2, -0.15) is 4.31 Å². The number of hydrogen-bond donors (Lipinski definition) is 1. The molecule has 10 heteroatoms. The van der Waals surface area contributed by atoms with Gasteiger partial charge in [-0.3, -0.25) is 10.1 Å². The summed E-state index contributed by atoms with van der Waals surface area (Å²) in [6.45, 7) is 0.829. The highest BCUT2D eigenvalue weighted by atomic mass is 35.5. The minimum Gasteiger partial charge on any atom is -0.327 e. The topological polar surface area (TPSA) is 107 Å². The Morgan fingerprint density at radius 3 is 2.58 bits per heavy atom. The van der Waals surface area contributed by atoms with Gasteiger partial charge in [-0.05, 0) is 30.7 Å². The summed E-state index contributed by atoms with van der Waals surface area (Å²) in [6.07, 6.45) is 2.93. The van der Waals surface area contributed by atoms with Crippen molar-refractivity contribution in [2.75, 3.05) is 13.1 Å². The van der Waals surface area contributed by atoms with Gasteiger partial charge in [-0.25, -0.2) is 8.42 Å². The molecular weight excluding hydrogens is 377 g/mol. The van der Waals surface area contributed by atoms with E-state index in [1.165, 1.54) is 10.4 Å². The van der Waals surface area contributed by atoms with Crippen molar-refractivity contribution in [3.05, 3.63) is 33.3 Å². The minimum atomic E-state index is -3.77. The van der Waals surface area contributed by atoms with Crippen molar-refractivity contribution in [3.63, 3.8) is 0 Å². The summed E-state index contributed by atoms with van der Waals surface area (Å²) in [5.74, 6) is 0.459. The van der Waals surface area contributed by atoms with E-state index in [9.17, 15) is 18.5 Å². The van der Waals surface area contributed by atoms with E-state index < -0.39 is 14.9 Å². The molecule has 0 amide bonds. The Balaban J connectivity index is 0.00000208. The van der Waals surface area contributed by atoms with Gasteiger partial charge >= 0.3 is 0 Å². The Morgan fingerprint density at radius 2 is 2.00 bits per heavy atom. The number of nitrogens with two attached hydrogens (primary N) is 1. The van der Waals surface area contributed by atoms with Crippen LogP contribution in [0.4, 0.5) is 5.69 Å². The lowest BCUT2D eigenvalue weighted by atomic mass is 9.78. The molecule has 24 heavy (non-hydrogen) atoms. The van der Waals surface area contributed by atoms with Crippen LogP contribution in [0.2, 0.25) is 5.02 Å². The molecule has 1 saturated carbocycles. The highest BCUT2D eigenvalue weighted by molar-refractivity contribution is 7.89. The zero-order chi connectivity index (χ0) is 16.8. The minimum absolute atomic E-state index is 0. The molecule has 3 rings (SSSR count). The summed E-state index contributed by atoms with van der Waals surface area (Å²) in [6, 6.07) is 3.47. The number of hydrogen-bond acceptors (Lipinski definition) is 5. The van der Waals surface area contributed by atoms with Crippen LogP contribution in [0, 0.1) is 22.0 Å². The second-order valence-corrected chi connectivity index (χ2v) is 8.53. The van der Waals surface area contributed by atoms with Crippen molar-refractivity contribution in [1.82, 2.24) is 4.31 Å². The summed E-state index contributed by atoms with van der Waals surface area (Å²) in [7, 11) is -3.77. The molecule has 1 aromatic carbocycles. The Kier molecular flexibility index (Phi) is 5.76. The van der Waals surface area contributed by atoms with Crippen molar-refractivity contribution < 1.29 is 13.3 Å². The molecule has 2 fully saturated rings. The number of sulfonamides is 1. The van der Waals surface area contributed by atoms with E-state index in [2.05, 4.69) is 0 Å². The van der Waals surface area contributed by atoms with E-state index in [0.29, 0.717) is 13.1 Å². The van der Waals surface area contributed by atoms with E-state index >= 15 is 0 Å². The molecule has 0 aromatic heterocycles. The third kappa shape index (κ3) is 3.39. The second-order valence-electron chi connectivity index (χ2n) is 6.21. The molecule has 7 nitrogen and oxygen atoms in total. The van der Waals surface area contributed by atoms with Crippen molar-refractivity contribution in [1.29, 1.82) is 0 Å². The first-order valence-corrected chi connectivity index (χ1v) is 9.32. The lowest BCUT2D eigenvalue weighted by Crippen LogP contribution is -2.38. The van der Waals surface area contributed by atoms with Crippen LogP contribution in [0.3, 0.4) is 0 Å². The molecule has 1 aliphatic heterocycles. The van der Waals surface area contributed by atoms with E-state index in [-0.39, 0.29) is 45.9 Å². The number of nitro benzene ring substituents is 1. The molecule has 0 spiro atoms. The van der Waals surface area contributed by atoms with Gasteiger partial charge in [-0.15, -0.1) is 12.4 Å².